The second-order valence-electron chi connectivity index (χ2n) is 4.14. The third-order valence-electron chi connectivity index (χ3n) is 2.77. The minimum absolute atomic E-state index is 0.0548. The predicted octanol–water partition coefficient (Wildman–Crippen LogP) is 0.339. The molecule has 6 heteroatoms. The van der Waals surface area contributed by atoms with Crippen LogP contribution < -0.4 is 11.1 Å². The Balaban J connectivity index is 2.44. The summed E-state index contributed by atoms with van der Waals surface area (Å²) in [7, 11) is 1.47. The van der Waals surface area contributed by atoms with E-state index in [0.29, 0.717) is 0 Å². The molecule has 5 nitrogen and oxygen atoms in total. The molecule has 19 heavy (non-hydrogen) atoms. The number of halogens is 1. The van der Waals surface area contributed by atoms with Gasteiger partial charge in [-0.05, 0) is 6.07 Å². The van der Waals surface area contributed by atoms with Gasteiger partial charge in [-0.2, -0.15) is 0 Å². The first kappa shape index (κ1) is 15.6. The summed E-state index contributed by atoms with van der Waals surface area (Å²) in [6.07, 6.45) is -1.33. The van der Waals surface area contributed by atoms with Crippen molar-refractivity contribution in [1.29, 1.82) is 0 Å². The van der Waals surface area contributed by atoms with Crippen LogP contribution in [-0.4, -0.2) is 37.3 Å². The Morgan fingerprint density at radius 3 is 2.79 bits per heavy atom. The second kappa shape index (κ2) is 7.83. The predicted molar refractivity (Wildman–Crippen MR) is 68.8 cm³/mol. The number of carbonyl (C=O) groups is 1. The minimum Gasteiger partial charge on any atom is -0.386 e. The number of hydrogen-bond donors (Lipinski definition) is 3. The molecule has 1 rings (SSSR count). The van der Waals surface area contributed by atoms with Gasteiger partial charge in [-0.15, -0.1) is 0 Å². The van der Waals surface area contributed by atoms with E-state index in [1.165, 1.54) is 25.3 Å². The lowest BCUT2D eigenvalue weighted by molar-refractivity contribution is -0.123. The summed E-state index contributed by atoms with van der Waals surface area (Å²) in [6.45, 7) is 0.181. The Morgan fingerprint density at radius 1 is 1.53 bits per heavy atom. The number of aliphatic hydroxyl groups excluding tert-OH is 1. The zero-order chi connectivity index (χ0) is 14.3. The Labute approximate surface area is 111 Å². The van der Waals surface area contributed by atoms with Crippen molar-refractivity contribution in [2.45, 2.75) is 18.6 Å². The first-order valence-electron chi connectivity index (χ1n) is 6.00. The zero-order valence-corrected chi connectivity index (χ0v) is 10.8. The number of nitrogens with one attached hydrogen (secondary N) is 1. The molecule has 0 aliphatic heterocycles. The number of rotatable bonds is 7. The van der Waals surface area contributed by atoms with Crippen LogP contribution in [0.25, 0.3) is 0 Å². The van der Waals surface area contributed by atoms with Crippen LogP contribution >= 0.6 is 0 Å². The first-order valence-corrected chi connectivity index (χ1v) is 6.00. The average Bonchev–Trinajstić information content (AvgIpc) is 2.42. The summed E-state index contributed by atoms with van der Waals surface area (Å²) < 4.78 is 18.3. The van der Waals surface area contributed by atoms with Crippen LogP contribution in [0, 0.1) is 5.82 Å². The molecule has 106 valence electrons. The fourth-order valence-corrected chi connectivity index (χ4v) is 1.61. The van der Waals surface area contributed by atoms with E-state index in [4.69, 9.17) is 10.5 Å². The molecule has 4 N–H and O–H groups in total. The number of ether oxygens (including phenoxy) is 1. The number of nitrogens with two attached hydrogens (primary N) is 1. The van der Waals surface area contributed by atoms with E-state index in [1.807, 2.05) is 0 Å². The highest BCUT2D eigenvalue weighted by Crippen LogP contribution is 2.15. The fraction of sp³-hybridized carbons (Fsp3) is 0.462. The van der Waals surface area contributed by atoms with Crippen LogP contribution in [-0.2, 0) is 9.53 Å². The van der Waals surface area contributed by atoms with Gasteiger partial charge >= 0.3 is 0 Å². The Kier molecular flexibility index (Phi) is 6.41. The van der Waals surface area contributed by atoms with Crippen molar-refractivity contribution in [3.8, 4) is 0 Å². The maximum atomic E-state index is 13.4. The molecule has 0 aliphatic rings. The van der Waals surface area contributed by atoms with Gasteiger partial charge in [-0.3, -0.25) is 4.79 Å². The van der Waals surface area contributed by atoms with Crippen molar-refractivity contribution in [3.63, 3.8) is 0 Å². The van der Waals surface area contributed by atoms with Gasteiger partial charge in [-0.25, -0.2) is 4.39 Å². The van der Waals surface area contributed by atoms with Crippen LogP contribution in [0.15, 0.2) is 24.3 Å². The van der Waals surface area contributed by atoms with Crippen LogP contribution in [0.4, 0.5) is 4.39 Å². The zero-order valence-electron chi connectivity index (χ0n) is 10.8. The number of aliphatic hydroxyl groups is 1. The highest BCUT2D eigenvalue weighted by Gasteiger charge is 2.15. The van der Waals surface area contributed by atoms with E-state index in [9.17, 15) is 14.3 Å². The summed E-state index contributed by atoms with van der Waals surface area (Å²) in [5.41, 5.74) is 5.55. The van der Waals surface area contributed by atoms with Gasteiger partial charge in [-0.1, -0.05) is 18.2 Å². The largest absolute Gasteiger partial charge is 0.386 e. The van der Waals surface area contributed by atoms with E-state index >= 15 is 0 Å². The van der Waals surface area contributed by atoms with Gasteiger partial charge < -0.3 is 20.9 Å². The topological polar surface area (TPSA) is 84.6 Å². The van der Waals surface area contributed by atoms with Crippen LogP contribution in [0.2, 0.25) is 0 Å². The van der Waals surface area contributed by atoms with Gasteiger partial charge in [0.1, 0.15) is 5.82 Å². The molecule has 0 radical (unpaired) electrons. The third kappa shape index (κ3) is 4.94. The van der Waals surface area contributed by atoms with Gasteiger partial charge in [0, 0.05) is 25.8 Å². The number of benzene rings is 1. The van der Waals surface area contributed by atoms with Crippen molar-refractivity contribution in [3.05, 3.63) is 35.6 Å². The number of methoxy groups -OCH3 is 1. The lowest BCUT2D eigenvalue weighted by Gasteiger charge is -2.15. The van der Waals surface area contributed by atoms with E-state index in [1.54, 1.807) is 6.07 Å². The molecule has 0 aromatic heterocycles. The van der Waals surface area contributed by atoms with Crippen LogP contribution in [0.3, 0.4) is 0 Å². The molecule has 2 unspecified atom stereocenters. The van der Waals surface area contributed by atoms with E-state index in [-0.39, 0.29) is 37.1 Å². The smallest absolute Gasteiger partial charge is 0.222 e. The van der Waals surface area contributed by atoms with Gasteiger partial charge in [0.2, 0.25) is 5.91 Å². The molecule has 0 spiro atoms. The van der Waals surface area contributed by atoms with E-state index < -0.39 is 11.9 Å². The van der Waals surface area contributed by atoms with E-state index in [0.717, 1.165) is 0 Å². The highest BCUT2D eigenvalue weighted by atomic mass is 19.1. The lowest BCUT2D eigenvalue weighted by atomic mass is 10.1. The standard InChI is InChI=1S/C13H19FN2O3/c1-19-9(7-15)6-13(18)16-8-12(17)10-4-2-3-5-11(10)14/h2-5,9,12,17H,6-8,15H2,1H3,(H,16,18). The Morgan fingerprint density at radius 2 is 2.21 bits per heavy atom. The summed E-state index contributed by atoms with van der Waals surface area (Å²) in [4.78, 5) is 11.5. The maximum Gasteiger partial charge on any atom is 0.222 e. The average molecular weight is 270 g/mol. The quantitative estimate of drug-likeness (QED) is 0.667. The second-order valence-corrected chi connectivity index (χ2v) is 4.14. The van der Waals surface area contributed by atoms with Crippen molar-refractivity contribution >= 4 is 5.91 Å². The minimum atomic E-state index is -1.08. The van der Waals surface area contributed by atoms with Crippen molar-refractivity contribution in [1.82, 2.24) is 5.32 Å². The molecular weight excluding hydrogens is 251 g/mol. The lowest BCUT2D eigenvalue weighted by Crippen LogP contribution is -2.34. The van der Waals surface area contributed by atoms with Crippen molar-refractivity contribution < 1.29 is 19.0 Å². The molecule has 2 atom stereocenters. The molecule has 0 aliphatic carbocycles. The van der Waals surface area contributed by atoms with Crippen LogP contribution in [0.5, 0.6) is 0 Å². The summed E-state index contributed by atoms with van der Waals surface area (Å²) in [6, 6.07) is 5.90. The normalized spacial score (nSPS) is 13.9. The third-order valence-corrected chi connectivity index (χ3v) is 2.77. The molecule has 0 heterocycles. The fourth-order valence-electron chi connectivity index (χ4n) is 1.61. The van der Waals surface area contributed by atoms with Gasteiger partial charge in [0.05, 0.1) is 18.6 Å². The number of amides is 1. The summed E-state index contributed by atoms with van der Waals surface area (Å²) in [5, 5.41) is 12.3. The number of carbonyl (C=O) groups excluding carboxylic acids is 1. The van der Waals surface area contributed by atoms with Crippen molar-refractivity contribution in [2.75, 3.05) is 20.2 Å². The molecular formula is C13H19FN2O3. The Bertz CT molecular complexity index is 411. The summed E-state index contributed by atoms with van der Waals surface area (Å²) in [5.74, 6) is -0.798. The highest BCUT2D eigenvalue weighted by molar-refractivity contribution is 5.76. The number of hydrogen-bond acceptors (Lipinski definition) is 4. The van der Waals surface area contributed by atoms with Gasteiger partial charge in [0.25, 0.3) is 0 Å². The SMILES string of the molecule is COC(CN)CC(=O)NCC(O)c1ccccc1F. The Hall–Kier alpha value is -1.50. The van der Waals surface area contributed by atoms with Crippen LogP contribution in [0.1, 0.15) is 18.1 Å². The molecule has 0 fully saturated rings. The molecule has 1 amide bonds. The molecule has 0 bridgehead atoms. The maximum absolute atomic E-state index is 13.4. The summed E-state index contributed by atoms with van der Waals surface area (Å²) >= 11 is 0. The van der Waals surface area contributed by atoms with Crippen molar-refractivity contribution in [2.24, 2.45) is 5.73 Å². The van der Waals surface area contributed by atoms with E-state index in [2.05, 4.69) is 5.32 Å². The van der Waals surface area contributed by atoms with Gasteiger partial charge in [0.15, 0.2) is 0 Å². The first-order chi connectivity index (χ1) is 9.08. The molecule has 0 saturated heterocycles. The molecule has 1 aromatic rings. The molecule has 0 saturated carbocycles. The molecule has 1 aromatic carbocycles. The monoisotopic (exact) mass is 270 g/mol.